The maximum absolute atomic E-state index is 10.8. The number of hydrogen-bond donors (Lipinski definition) is 1. The van der Waals surface area contributed by atoms with Crippen LogP contribution in [0.3, 0.4) is 0 Å². The Hall–Kier alpha value is -2.03. The highest BCUT2D eigenvalue weighted by atomic mass is 35.5. The molecule has 0 amide bonds. The van der Waals surface area contributed by atoms with Gasteiger partial charge in [-0.15, -0.1) is 0 Å². The van der Waals surface area contributed by atoms with Crippen LogP contribution in [-0.2, 0) is 4.74 Å². The first-order valence-corrected chi connectivity index (χ1v) is 6.62. The average Bonchev–Trinajstić information content (AvgIpc) is 2.97. The smallest absolute Gasteiger partial charge is 0.271 e. The normalized spacial score (nSPS) is 18.6. The summed E-state index contributed by atoms with van der Waals surface area (Å²) in [7, 11) is 0. The zero-order valence-electron chi connectivity index (χ0n) is 10.8. The maximum Gasteiger partial charge on any atom is 0.271 e. The molecule has 3 rings (SSSR count). The molecule has 1 saturated heterocycles. The molecular formula is C12H11ClN4O4. The Bertz CT molecular complexity index is 669. The zero-order chi connectivity index (χ0) is 14.8. The van der Waals surface area contributed by atoms with Gasteiger partial charge in [0.1, 0.15) is 6.10 Å². The molecule has 2 heterocycles. The van der Waals surface area contributed by atoms with Gasteiger partial charge in [0.2, 0.25) is 5.82 Å². The highest BCUT2D eigenvalue weighted by Gasteiger charge is 2.22. The van der Waals surface area contributed by atoms with E-state index in [-0.39, 0.29) is 22.7 Å². The lowest BCUT2D eigenvalue weighted by atomic mass is 10.2. The van der Waals surface area contributed by atoms with E-state index in [4.69, 9.17) is 20.9 Å². The zero-order valence-corrected chi connectivity index (χ0v) is 11.5. The Morgan fingerprint density at radius 1 is 1.43 bits per heavy atom. The predicted octanol–water partition coefficient (Wildman–Crippen LogP) is 1.96. The molecule has 110 valence electrons. The van der Waals surface area contributed by atoms with Crippen molar-refractivity contribution in [1.82, 2.24) is 15.5 Å². The van der Waals surface area contributed by atoms with E-state index in [1.807, 2.05) is 0 Å². The van der Waals surface area contributed by atoms with Crippen molar-refractivity contribution in [1.29, 1.82) is 0 Å². The summed E-state index contributed by atoms with van der Waals surface area (Å²) in [5.41, 5.74) is 0.268. The quantitative estimate of drug-likeness (QED) is 0.682. The largest absolute Gasteiger partial charge is 0.367 e. The van der Waals surface area contributed by atoms with Gasteiger partial charge in [0.15, 0.2) is 0 Å². The predicted molar refractivity (Wildman–Crippen MR) is 73.0 cm³/mol. The molecule has 21 heavy (non-hydrogen) atoms. The molecule has 0 aliphatic carbocycles. The summed E-state index contributed by atoms with van der Waals surface area (Å²) in [6, 6.07) is 4.13. The molecule has 1 aliphatic heterocycles. The molecule has 1 N–H and O–H groups in total. The van der Waals surface area contributed by atoms with Gasteiger partial charge in [-0.1, -0.05) is 16.8 Å². The van der Waals surface area contributed by atoms with Crippen LogP contribution in [0.4, 0.5) is 5.69 Å². The number of nitrogens with one attached hydrogen (secondary N) is 1. The monoisotopic (exact) mass is 310 g/mol. The van der Waals surface area contributed by atoms with Gasteiger partial charge < -0.3 is 14.6 Å². The molecule has 1 atom stereocenters. The number of nitrogens with zero attached hydrogens (tertiary/aromatic N) is 3. The number of aromatic nitrogens is 2. The number of ether oxygens (including phenoxy) is 1. The number of nitro groups is 1. The molecular weight excluding hydrogens is 300 g/mol. The van der Waals surface area contributed by atoms with Crippen molar-refractivity contribution in [2.75, 3.05) is 19.7 Å². The van der Waals surface area contributed by atoms with Crippen LogP contribution in [0.2, 0.25) is 5.02 Å². The van der Waals surface area contributed by atoms with Gasteiger partial charge in [-0.2, -0.15) is 4.98 Å². The van der Waals surface area contributed by atoms with Gasteiger partial charge in [-0.25, -0.2) is 0 Å². The van der Waals surface area contributed by atoms with Crippen molar-refractivity contribution in [3.05, 3.63) is 39.2 Å². The Kier molecular flexibility index (Phi) is 3.82. The minimum absolute atomic E-state index is 0.132. The highest BCUT2D eigenvalue weighted by molar-refractivity contribution is 6.31. The van der Waals surface area contributed by atoms with Crippen molar-refractivity contribution in [2.45, 2.75) is 6.10 Å². The number of rotatable bonds is 3. The maximum atomic E-state index is 10.8. The minimum Gasteiger partial charge on any atom is -0.367 e. The fraction of sp³-hybridized carbons (Fsp3) is 0.333. The summed E-state index contributed by atoms with van der Waals surface area (Å²) >= 11 is 5.87. The number of non-ortho nitro benzene ring substituents is 1. The molecule has 1 aliphatic rings. The molecule has 1 aromatic heterocycles. The van der Waals surface area contributed by atoms with E-state index in [0.717, 1.165) is 6.54 Å². The van der Waals surface area contributed by atoms with Crippen LogP contribution >= 0.6 is 11.6 Å². The Balaban J connectivity index is 1.90. The summed E-state index contributed by atoms with van der Waals surface area (Å²) in [6.07, 6.45) is -0.287. The molecule has 2 aromatic rings. The van der Waals surface area contributed by atoms with Crippen LogP contribution in [0.25, 0.3) is 11.5 Å². The van der Waals surface area contributed by atoms with Crippen molar-refractivity contribution in [3.63, 3.8) is 0 Å². The van der Waals surface area contributed by atoms with Crippen molar-refractivity contribution in [3.8, 4) is 11.5 Å². The van der Waals surface area contributed by atoms with Crippen LogP contribution in [0.5, 0.6) is 0 Å². The molecule has 0 radical (unpaired) electrons. The number of nitro benzene ring substituents is 1. The lowest BCUT2D eigenvalue weighted by Gasteiger charge is -2.20. The van der Waals surface area contributed by atoms with Crippen molar-refractivity contribution >= 4 is 17.3 Å². The molecule has 8 nitrogen and oxygen atoms in total. The topological polar surface area (TPSA) is 103 Å². The van der Waals surface area contributed by atoms with E-state index < -0.39 is 4.92 Å². The summed E-state index contributed by atoms with van der Waals surface area (Å²) in [5, 5.41) is 18.1. The van der Waals surface area contributed by atoms with Crippen LogP contribution in [-0.4, -0.2) is 34.8 Å². The second kappa shape index (κ2) is 5.76. The fourth-order valence-corrected chi connectivity index (χ4v) is 2.25. The molecule has 1 fully saturated rings. The number of hydrogen-bond acceptors (Lipinski definition) is 7. The molecule has 1 unspecified atom stereocenters. The number of morpholine rings is 1. The summed E-state index contributed by atoms with van der Waals surface area (Å²) in [4.78, 5) is 14.5. The van der Waals surface area contributed by atoms with Gasteiger partial charge >= 0.3 is 0 Å². The van der Waals surface area contributed by atoms with E-state index in [2.05, 4.69) is 15.5 Å². The molecule has 1 aromatic carbocycles. The fourth-order valence-electron chi connectivity index (χ4n) is 2.02. The number of benzene rings is 1. The first-order valence-electron chi connectivity index (χ1n) is 6.25. The SMILES string of the molecule is O=[N+]([O-])c1cc(Cl)cc(-c2nc(C3CNCCO3)no2)c1. The third kappa shape index (κ3) is 3.02. The second-order valence-corrected chi connectivity index (χ2v) is 4.91. The van der Waals surface area contributed by atoms with E-state index in [1.165, 1.54) is 18.2 Å². The van der Waals surface area contributed by atoms with Crippen LogP contribution < -0.4 is 5.32 Å². The lowest BCUT2D eigenvalue weighted by Crippen LogP contribution is -2.33. The van der Waals surface area contributed by atoms with Crippen molar-refractivity contribution < 1.29 is 14.2 Å². The third-order valence-electron chi connectivity index (χ3n) is 3.00. The average molecular weight is 311 g/mol. The van der Waals surface area contributed by atoms with E-state index >= 15 is 0 Å². The van der Waals surface area contributed by atoms with E-state index in [9.17, 15) is 10.1 Å². The van der Waals surface area contributed by atoms with Gasteiger partial charge in [0.25, 0.3) is 11.6 Å². The van der Waals surface area contributed by atoms with Gasteiger partial charge in [0, 0.05) is 35.8 Å². The Labute approximate surface area is 124 Å². The Morgan fingerprint density at radius 3 is 3.00 bits per heavy atom. The molecule has 0 bridgehead atoms. The van der Waals surface area contributed by atoms with Crippen molar-refractivity contribution in [2.24, 2.45) is 0 Å². The van der Waals surface area contributed by atoms with E-state index in [1.54, 1.807) is 0 Å². The standard InChI is InChI=1S/C12H11ClN4O4/c13-8-3-7(4-9(5-8)17(18)19)12-15-11(16-21-12)10-6-14-1-2-20-10/h3-5,10,14H,1-2,6H2. The van der Waals surface area contributed by atoms with Crippen LogP contribution in [0.15, 0.2) is 22.7 Å². The molecule has 0 spiro atoms. The summed E-state index contributed by atoms with van der Waals surface area (Å²) in [6.45, 7) is 1.94. The molecule has 0 saturated carbocycles. The van der Waals surface area contributed by atoms with Crippen LogP contribution in [0.1, 0.15) is 11.9 Å². The summed E-state index contributed by atoms with van der Waals surface area (Å²) < 4.78 is 10.7. The third-order valence-corrected chi connectivity index (χ3v) is 3.22. The van der Waals surface area contributed by atoms with Gasteiger partial charge in [0.05, 0.1) is 11.5 Å². The first-order chi connectivity index (χ1) is 10.1. The van der Waals surface area contributed by atoms with Gasteiger partial charge in [-0.05, 0) is 6.07 Å². The Morgan fingerprint density at radius 2 is 2.29 bits per heavy atom. The van der Waals surface area contributed by atoms with Crippen LogP contribution in [0, 0.1) is 10.1 Å². The second-order valence-electron chi connectivity index (χ2n) is 4.48. The lowest BCUT2D eigenvalue weighted by molar-refractivity contribution is -0.384. The minimum atomic E-state index is -0.527. The van der Waals surface area contributed by atoms with Gasteiger partial charge in [-0.3, -0.25) is 10.1 Å². The first kappa shape index (κ1) is 13.9. The van der Waals surface area contributed by atoms with E-state index in [0.29, 0.717) is 24.5 Å². The number of halogens is 1. The molecule has 9 heteroatoms. The highest BCUT2D eigenvalue weighted by Crippen LogP contribution is 2.28. The summed E-state index contributed by atoms with van der Waals surface area (Å²) in [5.74, 6) is 0.574.